The molecule has 1 unspecified atom stereocenters. The quantitative estimate of drug-likeness (QED) is 0.679. The fourth-order valence-electron chi connectivity index (χ4n) is 1.86. The third-order valence-corrected chi connectivity index (χ3v) is 4.55. The van der Waals surface area contributed by atoms with Crippen molar-refractivity contribution in [3.8, 4) is 0 Å². The Bertz CT molecular complexity index is 727. The molecule has 2 aromatic carbocycles. The third-order valence-electron chi connectivity index (χ3n) is 2.99. The summed E-state index contributed by atoms with van der Waals surface area (Å²) in [5.41, 5.74) is 0.688. The molecule has 0 radical (unpaired) electrons. The zero-order valence-electron chi connectivity index (χ0n) is 11.3. The van der Waals surface area contributed by atoms with E-state index in [-0.39, 0.29) is 10.6 Å². The van der Waals surface area contributed by atoms with E-state index in [0.29, 0.717) is 0 Å². The van der Waals surface area contributed by atoms with Crippen LogP contribution in [0.25, 0.3) is 0 Å². The maximum absolute atomic E-state index is 12.2. The van der Waals surface area contributed by atoms with Gasteiger partial charge in [0, 0.05) is 18.2 Å². The fourth-order valence-corrected chi connectivity index (χ4v) is 3.09. The molecule has 1 N–H and O–H groups in total. The Balaban J connectivity index is 2.20. The van der Waals surface area contributed by atoms with E-state index in [2.05, 4.69) is 4.72 Å². The molecule has 0 saturated heterocycles. The predicted molar refractivity (Wildman–Crippen MR) is 78.3 cm³/mol. The first-order chi connectivity index (χ1) is 9.90. The topological polar surface area (TPSA) is 89.3 Å². The lowest BCUT2D eigenvalue weighted by molar-refractivity contribution is -0.384. The Morgan fingerprint density at radius 3 is 2.14 bits per heavy atom. The van der Waals surface area contributed by atoms with Gasteiger partial charge in [-0.2, -0.15) is 0 Å². The fraction of sp³-hybridized carbons (Fsp3) is 0.143. The highest BCUT2D eigenvalue weighted by Crippen LogP contribution is 2.19. The standard InChI is InChI=1S/C14H14N2O4S/c1-11(12-5-3-2-4-6-12)15-21(19,20)14-9-7-13(8-10-14)16(17)18/h2-11,15H,1H3. The van der Waals surface area contributed by atoms with Gasteiger partial charge in [-0.15, -0.1) is 0 Å². The molecule has 7 heteroatoms. The number of nitrogens with one attached hydrogen (secondary N) is 1. The smallest absolute Gasteiger partial charge is 0.258 e. The number of hydrogen-bond acceptors (Lipinski definition) is 4. The first-order valence-electron chi connectivity index (χ1n) is 6.22. The lowest BCUT2D eigenvalue weighted by Crippen LogP contribution is -2.26. The molecule has 0 aromatic heterocycles. The summed E-state index contributed by atoms with van der Waals surface area (Å²) in [7, 11) is -3.72. The van der Waals surface area contributed by atoms with Gasteiger partial charge in [0.1, 0.15) is 0 Å². The first-order valence-corrected chi connectivity index (χ1v) is 7.70. The summed E-state index contributed by atoms with van der Waals surface area (Å²) in [4.78, 5) is 9.99. The molecule has 0 aliphatic heterocycles. The average molecular weight is 306 g/mol. The molecule has 0 spiro atoms. The molecule has 2 aromatic rings. The van der Waals surface area contributed by atoms with Crippen molar-refractivity contribution in [3.63, 3.8) is 0 Å². The Labute approximate surface area is 122 Å². The van der Waals surface area contributed by atoms with Crippen molar-refractivity contribution in [3.05, 3.63) is 70.3 Å². The van der Waals surface area contributed by atoms with Crippen LogP contribution in [0, 0.1) is 10.1 Å². The van der Waals surface area contributed by atoms with Crippen molar-refractivity contribution in [1.29, 1.82) is 0 Å². The lowest BCUT2D eigenvalue weighted by atomic mass is 10.1. The average Bonchev–Trinajstić information content (AvgIpc) is 2.48. The maximum atomic E-state index is 12.2. The monoisotopic (exact) mass is 306 g/mol. The minimum atomic E-state index is -3.72. The van der Waals surface area contributed by atoms with Gasteiger partial charge in [0.05, 0.1) is 9.82 Å². The van der Waals surface area contributed by atoms with E-state index in [0.717, 1.165) is 5.56 Å². The molecule has 0 aliphatic carbocycles. The number of sulfonamides is 1. The molecule has 0 saturated carbocycles. The molecule has 0 aliphatic rings. The number of non-ortho nitro benzene ring substituents is 1. The number of hydrogen-bond donors (Lipinski definition) is 1. The molecule has 110 valence electrons. The van der Waals surface area contributed by atoms with Crippen LogP contribution in [-0.2, 0) is 10.0 Å². The second-order valence-electron chi connectivity index (χ2n) is 4.50. The van der Waals surface area contributed by atoms with Gasteiger partial charge in [0.2, 0.25) is 10.0 Å². The van der Waals surface area contributed by atoms with E-state index >= 15 is 0 Å². The SMILES string of the molecule is CC(NS(=O)(=O)c1ccc([N+](=O)[O-])cc1)c1ccccc1. The predicted octanol–water partition coefficient (Wildman–Crippen LogP) is 2.63. The molecular weight excluding hydrogens is 292 g/mol. The number of benzene rings is 2. The van der Waals surface area contributed by atoms with Crippen molar-refractivity contribution in [2.24, 2.45) is 0 Å². The van der Waals surface area contributed by atoms with Crippen LogP contribution >= 0.6 is 0 Å². The molecule has 0 heterocycles. The van der Waals surface area contributed by atoms with Crippen molar-refractivity contribution >= 4 is 15.7 Å². The number of nitrogens with zero attached hydrogens (tertiary/aromatic N) is 1. The van der Waals surface area contributed by atoms with Crippen LogP contribution in [0.15, 0.2) is 59.5 Å². The normalized spacial score (nSPS) is 12.8. The summed E-state index contributed by atoms with van der Waals surface area (Å²) < 4.78 is 27.0. The number of rotatable bonds is 5. The molecule has 21 heavy (non-hydrogen) atoms. The zero-order chi connectivity index (χ0) is 15.5. The van der Waals surface area contributed by atoms with Crippen LogP contribution in [0.1, 0.15) is 18.5 Å². The van der Waals surface area contributed by atoms with E-state index in [1.165, 1.54) is 24.3 Å². The Hall–Kier alpha value is -2.25. The Morgan fingerprint density at radius 2 is 1.62 bits per heavy atom. The van der Waals surface area contributed by atoms with Crippen molar-refractivity contribution in [2.75, 3.05) is 0 Å². The van der Waals surface area contributed by atoms with Crippen LogP contribution in [0.5, 0.6) is 0 Å². The second kappa shape index (κ2) is 6.02. The van der Waals surface area contributed by atoms with E-state index in [1.54, 1.807) is 6.92 Å². The van der Waals surface area contributed by atoms with Gasteiger partial charge in [-0.3, -0.25) is 10.1 Å². The number of nitro groups is 1. The van der Waals surface area contributed by atoms with Crippen LogP contribution in [0.2, 0.25) is 0 Å². The minimum Gasteiger partial charge on any atom is -0.258 e. The first kappa shape index (κ1) is 15.1. The van der Waals surface area contributed by atoms with Crippen LogP contribution in [-0.4, -0.2) is 13.3 Å². The zero-order valence-corrected chi connectivity index (χ0v) is 12.1. The molecular formula is C14H14N2O4S. The van der Waals surface area contributed by atoms with Crippen molar-refractivity contribution in [1.82, 2.24) is 4.72 Å². The van der Waals surface area contributed by atoms with Crippen LogP contribution in [0.3, 0.4) is 0 Å². The van der Waals surface area contributed by atoms with E-state index < -0.39 is 21.0 Å². The highest BCUT2D eigenvalue weighted by atomic mass is 32.2. The van der Waals surface area contributed by atoms with Crippen molar-refractivity contribution in [2.45, 2.75) is 17.9 Å². The summed E-state index contributed by atoms with van der Waals surface area (Å²) in [5.74, 6) is 0. The molecule has 6 nitrogen and oxygen atoms in total. The molecule has 0 fully saturated rings. The summed E-state index contributed by atoms with van der Waals surface area (Å²) in [5, 5.41) is 10.6. The molecule has 2 rings (SSSR count). The van der Waals surface area contributed by atoms with Gasteiger partial charge >= 0.3 is 0 Å². The second-order valence-corrected chi connectivity index (χ2v) is 6.22. The lowest BCUT2D eigenvalue weighted by Gasteiger charge is -2.14. The third kappa shape index (κ3) is 3.65. The maximum Gasteiger partial charge on any atom is 0.269 e. The van der Waals surface area contributed by atoms with Gasteiger partial charge in [-0.25, -0.2) is 13.1 Å². The van der Waals surface area contributed by atoms with Gasteiger partial charge in [0.15, 0.2) is 0 Å². The summed E-state index contributed by atoms with van der Waals surface area (Å²) in [6.07, 6.45) is 0. The highest BCUT2D eigenvalue weighted by Gasteiger charge is 2.19. The molecule has 0 amide bonds. The summed E-state index contributed by atoms with van der Waals surface area (Å²) >= 11 is 0. The molecule has 0 bridgehead atoms. The largest absolute Gasteiger partial charge is 0.269 e. The minimum absolute atomic E-state index is 0.00381. The Kier molecular flexibility index (Phi) is 4.35. The van der Waals surface area contributed by atoms with Crippen LogP contribution < -0.4 is 4.72 Å². The number of nitro benzene ring substituents is 1. The highest BCUT2D eigenvalue weighted by molar-refractivity contribution is 7.89. The van der Waals surface area contributed by atoms with E-state index in [9.17, 15) is 18.5 Å². The summed E-state index contributed by atoms with van der Waals surface area (Å²) in [6, 6.07) is 13.5. The van der Waals surface area contributed by atoms with E-state index in [4.69, 9.17) is 0 Å². The van der Waals surface area contributed by atoms with Gasteiger partial charge < -0.3 is 0 Å². The van der Waals surface area contributed by atoms with Crippen molar-refractivity contribution < 1.29 is 13.3 Å². The van der Waals surface area contributed by atoms with Gasteiger partial charge in [-0.1, -0.05) is 30.3 Å². The summed E-state index contributed by atoms with van der Waals surface area (Å²) in [6.45, 7) is 1.73. The molecule has 1 atom stereocenters. The Morgan fingerprint density at radius 1 is 1.05 bits per heavy atom. The van der Waals surface area contributed by atoms with E-state index in [1.807, 2.05) is 30.3 Å². The van der Waals surface area contributed by atoms with Gasteiger partial charge in [0.25, 0.3) is 5.69 Å². The van der Waals surface area contributed by atoms with Gasteiger partial charge in [-0.05, 0) is 24.6 Å². The van der Waals surface area contributed by atoms with Crippen LogP contribution in [0.4, 0.5) is 5.69 Å².